The molecule has 7 heteroatoms. The van der Waals surface area contributed by atoms with Crippen molar-refractivity contribution in [3.63, 3.8) is 0 Å². The summed E-state index contributed by atoms with van der Waals surface area (Å²) in [5.74, 6) is 0. The molecule has 1 aliphatic rings. The summed E-state index contributed by atoms with van der Waals surface area (Å²) in [6.07, 6.45) is 2.15. The van der Waals surface area contributed by atoms with Gasteiger partial charge in [0.15, 0.2) is 5.52 Å². The van der Waals surface area contributed by atoms with E-state index in [1.54, 1.807) is 11.6 Å². The zero-order chi connectivity index (χ0) is 14.9. The fourth-order valence-corrected chi connectivity index (χ4v) is 3.44. The summed E-state index contributed by atoms with van der Waals surface area (Å²) in [4.78, 5) is 15.2. The molecule has 1 aromatic carbocycles. The van der Waals surface area contributed by atoms with Crippen LogP contribution < -0.4 is 10.6 Å². The summed E-state index contributed by atoms with van der Waals surface area (Å²) in [6, 6.07) is 3.69. The van der Waals surface area contributed by atoms with Crippen molar-refractivity contribution in [3.8, 4) is 0 Å². The van der Waals surface area contributed by atoms with Gasteiger partial charge < -0.3 is 10.6 Å². The zero-order valence-corrected chi connectivity index (χ0v) is 12.7. The molecule has 1 aliphatic heterocycles. The molecule has 0 aliphatic carbocycles. The van der Waals surface area contributed by atoms with Crippen LogP contribution in [-0.4, -0.2) is 29.5 Å². The Morgan fingerprint density at radius 3 is 2.95 bits per heavy atom. The number of rotatable bonds is 4. The smallest absolute Gasteiger partial charge is 0.319 e. The fourth-order valence-electron chi connectivity index (χ4n) is 2.76. The van der Waals surface area contributed by atoms with Crippen molar-refractivity contribution in [2.45, 2.75) is 19.8 Å². The third-order valence-electron chi connectivity index (χ3n) is 4.17. The van der Waals surface area contributed by atoms with Gasteiger partial charge in [-0.25, -0.2) is 4.98 Å². The molecule has 0 saturated carbocycles. The highest BCUT2D eigenvalue weighted by Crippen LogP contribution is 2.36. The van der Waals surface area contributed by atoms with Crippen LogP contribution in [0, 0.1) is 15.5 Å². The van der Waals surface area contributed by atoms with Gasteiger partial charge in [0, 0.05) is 6.54 Å². The summed E-state index contributed by atoms with van der Waals surface area (Å²) in [7, 11) is 0. The van der Waals surface area contributed by atoms with Crippen LogP contribution in [0.5, 0.6) is 0 Å². The second kappa shape index (κ2) is 5.57. The molecule has 0 spiro atoms. The number of hydrogen-bond donors (Lipinski definition) is 2. The SMILES string of the molecule is CC1(CNc2ccc3scnc3c2[N+](=O)[O-])CCNCC1. The number of nitrogens with one attached hydrogen (secondary N) is 2. The van der Waals surface area contributed by atoms with Crippen LogP contribution in [0.1, 0.15) is 19.8 Å². The Hall–Kier alpha value is -1.73. The number of hydrogen-bond acceptors (Lipinski definition) is 6. The number of fused-ring (bicyclic) bond motifs is 1. The van der Waals surface area contributed by atoms with Gasteiger partial charge in [0.05, 0.1) is 15.1 Å². The molecule has 1 saturated heterocycles. The van der Waals surface area contributed by atoms with Crippen LogP contribution in [0.3, 0.4) is 0 Å². The number of piperidine rings is 1. The van der Waals surface area contributed by atoms with Gasteiger partial charge in [-0.05, 0) is 43.5 Å². The van der Waals surface area contributed by atoms with Crippen LogP contribution in [0.25, 0.3) is 10.2 Å². The normalized spacial score (nSPS) is 17.8. The standard InChI is InChI=1S/C14H18N4O2S/c1-14(4-6-15-7-5-14)8-16-10-2-3-11-12(17-9-21-11)13(10)18(19)20/h2-3,9,15-16H,4-8H2,1H3. The van der Waals surface area contributed by atoms with Crippen LogP contribution in [0.15, 0.2) is 17.6 Å². The molecule has 0 unspecified atom stereocenters. The molecule has 1 aromatic heterocycles. The average molecular weight is 306 g/mol. The Morgan fingerprint density at radius 2 is 2.24 bits per heavy atom. The number of benzene rings is 1. The van der Waals surface area contributed by atoms with Gasteiger partial charge in [-0.3, -0.25) is 10.1 Å². The molecular weight excluding hydrogens is 288 g/mol. The quantitative estimate of drug-likeness (QED) is 0.670. The van der Waals surface area contributed by atoms with Gasteiger partial charge in [0.1, 0.15) is 5.69 Å². The molecule has 21 heavy (non-hydrogen) atoms. The average Bonchev–Trinajstić information content (AvgIpc) is 2.93. The van der Waals surface area contributed by atoms with Gasteiger partial charge in [-0.15, -0.1) is 11.3 Å². The number of nitro benzene ring substituents is 1. The third kappa shape index (κ3) is 2.84. The molecule has 0 amide bonds. The number of thiazole rings is 1. The minimum Gasteiger partial charge on any atom is -0.379 e. The number of aromatic nitrogens is 1. The van der Waals surface area contributed by atoms with E-state index in [-0.39, 0.29) is 16.0 Å². The Balaban J connectivity index is 1.86. The van der Waals surface area contributed by atoms with Crippen molar-refractivity contribution >= 4 is 32.9 Å². The first-order valence-electron chi connectivity index (χ1n) is 7.04. The van der Waals surface area contributed by atoms with Crippen LogP contribution in [0.4, 0.5) is 11.4 Å². The molecule has 0 radical (unpaired) electrons. The first kappa shape index (κ1) is 14.2. The van der Waals surface area contributed by atoms with Crippen molar-refractivity contribution in [1.29, 1.82) is 0 Å². The molecule has 2 heterocycles. The van der Waals surface area contributed by atoms with E-state index in [0.29, 0.717) is 11.2 Å². The van der Waals surface area contributed by atoms with E-state index in [1.165, 1.54) is 11.3 Å². The second-order valence-electron chi connectivity index (χ2n) is 5.83. The van der Waals surface area contributed by atoms with Gasteiger partial charge >= 0.3 is 5.69 Å². The van der Waals surface area contributed by atoms with Gasteiger partial charge in [0.2, 0.25) is 0 Å². The van der Waals surface area contributed by atoms with E-state index in [4.69, 9.17) is 0 Å². The van der Waals surface area contributed by atoms with E-state index < -0.39 is 0 Å². The van der Waals surface area contributed by atoms with Gasteiger partial charge in [-0.2, -0.15) is 0 Å². The second-order valence-corrected chi connectivity index (χ2v) is 6.72. The van der Waals surface area contributed by atoms with Crippen LogP contribution in [0.2, 0.25) is 0 Å². The van der Waals surface area contributed by atoms with Crippen LogP contribution >= 0.6 is 11.3 Å². The van der Waals surface area contributed by atoms with Crippen molar-refractivity contribution in [3.05, 3.63) is 27.8 Å². The first-order chi connectivity index (χ1) is 10.1. The fraction of sp³-hybridized carbons (Fsp3) is 0.500. The Bertz CT molecular complexity index is 664. The maximum atomic E-state index is 11.4. The van der Waals surface area contributed by atoms with Gasteiger partial charge in [0.25, 0.3) is 0 Å². The minimum atomic E-state index is -0.338. The highest BCUT2D eigenvalue weighted by Gasteiger charge is 2.28. The van der Waals surface area contributed by atoms with Crippen LogP contribution in [-0.2, 0) is 0 Å². The molecule has 1 fully saturated rings. The van der Waals surface area contributed by atoms with E-state index in [9.17, 15) is 10.1 Å². The Morgan fingerprint density at radius 1 is 1.48 bits per heavy atom. The minimum absolute atomic E-state index is 0.0892. The van der Waals surface area contributed by atoms with Crippen molar-refractivity contribution in [2.24, 2.45) is 5.41 Å². The molecule has 0 bridgehead atoms. The van der Waals surface area contributed by atoms with Crippen molar-refractivity contribution < 1.29 is 4.92 Å². The molecular formula is C14H18N4O2S. The lowest BCUT2D eigenvalue weighted by atomic mass is 9.81. The molecule has 3 rings (SSSR count). The molecule has 2 N–H and O–H groups in total. The predicted molar refractivity (Wildman–Crippen MR) is 85.0 cm³/mol. The monoisotopic (exact) mass is 306 g/mol. The highest BCUT2D eigenvalue weighted by molar-refractivity contribution is 7.16. The number of nitrogens with zero attached hydrogens (tertiary/aromatic N) is 2. The predicted octanol–water partition coefficient (Wildman–Crippen LogP) is 3.01. The summed E-state index contributed by atoms with van der Waals surface area (Å²) in [6.45, 7) is 4.98. The third-order valence-corrected chi connectivity index (χ3v) is 4.97. The maximum absolute atomic E-state index is 11.4. The zero-order valence-electron chi connectivity index (χ0n) is 11.9. The molecule has 6 nitrogen and oxygen atoms in total. The Kier molecular flexibility index (Phi) is 3.77. The maximum Gasteiger partial charge on any atom is 0.319 e. The lowest BCUT2D eigenvalue weighted by Crippen LogP contribution is -2.39. The van der Waals surface area contributed by atoms with E-state index in [2.05, 4.69) is 22.5 Å². The summed E-state index contributed by atoms with van der Waals surface area (Å²) in [5, 5.41) is 18.0. The van der Waals surface area contributed by atoms with E-state index in [0.717, 1.165) is 37.2 Å². The van der Waals surface area contributed by atoms with Gasteiger partial charge in [-0.1, -0.05) is 6.92 Å². The van der Waals surface area contributed by atoms with E-state index >= 15 is 0 Å². The Labute approximate surface area is 126 Å². The lowest BCUT2D eigenvalue weighted by Gasteiger charge is -2.34. The molecule has 0 atom stereocenters. The first-order valence-corrected chi connectivity index (χ1v) is 7.92. The molecule has 2 aromatic rings. The summed E-state index contributed by atoms with van der Waals surface area (Å²) in [5.41, 5.74) is 2.96. The molecule has 112 valence electrons. The lowest BCUT2D eigenvalue weighted by molar-refractivity contribution is -0.382. The summed E-state index contributed by atoms with van der Waals surface area (Å²) >= 11 is 1.42. The summed E-state index contributed by atoms with van der Waals surface area (Å²) < 4.78 is 0.848. The highest BCUT2D eigenvalue weighted by atomic mass is 32.1. The van der Waals surface area contributed by atoms with Crippen molar-refractivity contribution in [2.75, 3.05) is 25.0 Å². The van der Waals surface area contributed by atoms with Crippen molar-refractivity contribution in [1.82, 2.24) is 10.3 Å². The number of anilines is 1. The number of nitro groups is 1. The topological polar surface area (TPSA) is 80.1 Å². The largest absolute Gasteiger partial charge is 0.379 e. The van der Waals surface area contributed by atoms with E-state index in [1.807, 2.05) is 6.07 Å².